The Bertz CT molecular complexity index is 1020. The van der Waals surface area contributed by atoms with Crippen molar-refractivity contribution in [1.29, 1.82) is 0 Å². The van der Waals surface area contributed by atoms with Gasteiger partial charge in [-0.15, -0.1) is 0 Å². The molecule has 162 valence electrons. The van der Waals surface area contributed by atoms with Gasteiger partial charge in [-0.25, -0.2) is 4.98 Å². The van der Waals surface area contributed by atoms with Crippen molar-refractivity contribution in [2.45, 2.75) is 58.8 Å². The maximum atomic E-state index is 6.13. The van der Waals surface area contributed by atoms with Crippen molar-refractivity contribution in [2.24, 2.45) is 4.99 Å². The second-order valence-corrected chi connectivity index (χ2v) is 7.66. The number of fused-ring (bicyclic) bond motifs is 1. The molecule has 0 saturated heterocycles. The van der Waals surface area contributed by atoms with Crippen molar-refractivity contribution < 1.29 is 0 Å². The number of hydrogen-bond donors (Lipinski definition) is 2. The first-order chi connectivity index (χ1) is 15.2. The maximum absolute atomic E-state index is 6.13. The maximum Gasteiger partial charge on any atom is 0.229 e. The van der Waals surface area contributed by atoms with Crippen molar-refractivity contribution in [3.05, 3.63) is 60.3 Å². The molecule has 1 aliphatic rings. The van der Waals surface area contributed by atoms with Crippen LogP contribution in [0.5, 0.6) is 0 Å². The first-order valence-corrected chi connectivity index (χ1v) is 11.3. The van der Waals surface area contributed by atoms with Crippen molar-refractivity contribution >= 4 is 40.1 Å². The van der Waals surface area contributed by atoms with E-state index in [0.717, 1.165) is 34.1 Å². The Labute approximate surface area is 185 Å². The molecule has 5 heteroatoms. The summed E-state index contributed by atoms with van der Waals surface area (Å²) >= 11 is 0. The number of allylic oxidation sites excluding steroid dienone is 1. The number of nitrogens with one attached hydrogen (secondary N) is 1. The van der Waals surface area contributed by atoms with Crippen molar-refractivity contribution in [3.63, 3.8) is 0 Å². The van der Waals surface area contributed by atoms with Crippen LogP contribution in [0.2, 0.25) is 0 Å². The predicted octanol–water partition coefficient (Wildman–Crippen LogP) is 7.14. The molecular formula is C26H33N5. The highest BCUT2D eigenvalue weighted by Gasteiger charge is 2.09. The third kappa shape index (κ3) is 6.38. The molecular weight excluding hydrogens is 382 g/mol. The summed E-state index contributed by atoms with van der Waals surface area (Å²) < 4.78 is 0. The number of benzene rings is 2. The molecule has 0 radical (unpaired) electrons. The molecule has 1 fully saturated rings. The number of aliphatic imine (C=N–C) groups is 1. The van der Waals surface area contributed by atoms with Crippen LogP contribution in [0.4, 0.5) is 17.5 Å². The van der Waals surface area contributed by atoms with Crippen LogP contribution in [0, 0.1) is 0 Å². The van der Waals surface area contributed by atoms with Crippen LogP contribution in [-0.4, -0.2) is 16.2 Å². The number of rotatable bonds is 5. The highest BCUT2D eigenvalue weighted by atomic mass is 15.1. The summed E-state index contributed by atoms with van der Waals surface area (Å²) in [6.07, 6.45) is 15.3. The molecule has 3 N–H and O–H groups in total. The number of aromatic nitrogens is 2. The molecule has 0 atom stereocenters. The van der Waals surface area contributed by atoms with Gasteiger partial charge in [0.2, 0.25) is 5.95 Å². The van der Waals surface area contributed by atoms with Crippen LogP contribution >= 0.6 is 0 Å². The lowest BCUT2D eigenvalue weighted by molar-refractivity contribution is 0.504. The quantitative estimate of drug-likeness (QED) is 0.434. The Morgan fingerprint density at radius 2 is 1.71 bits per heavy atom. The monoisotopic (exact) mass is 415 g/mol. The van der Waals surface area contributed by atoms with E-state index in [1.165, 1.54) is 38.5 Å². The molecule has 0 aliphatic heterocycles. The molecule has 1 aliphatic carbocycles. The first kappa shape index (κ1) is 22.5. The molecule has 1 heterocycles. The van der Waals surface area contributed by atoms with E-state index < -0.39 is 0 Å². The van der Waals surface area contributed by atoms with Gasteiger partial charge in [-0.3, -0.25) is 4.99 Å². The molecule has 4 rings (SSSR count). The van der Waals surface area contributed by atoms with Crippen LogP contribution in [0.15, 0.2) is 59.7 Å². The fourth-order valence-corrected chi connectivity index (χ4v) is 3.66. The third-order valence-corrected chi connectivity index (χ3v) is 5.32. The van der Waals surface area contributed by atoms with Crippen molar-refractivity contribution in [3.8, 4) is 0 Å². The van der Waals surface area contributed by atoms with Gasteiger partial charge >= 0.3 is 0 Å². The molecule has 1 aromatic heterocycles. The van der Waals surface area contributed by atoms with Crippen LogP contribution < -0.4 is 11.1 Å². The SMILES string of the molecule is C/C=C(\N=CCC)c1cnc(Nc2cccc3ccccc23)nc1N.C1CCCCC1. The zero-order chi connectivity index (χ0) is 21.9. The summed E-state index contributed by atoms with van der Waals surface area (Å²) in [7, 11) is 0. The minimum atomic E-state index is 0.402. The Morgan fingerprint density at radius 3 is 2.35 bits per heavy atom. The van der Waals surface area contributed by atoms with E-state index in [9.17, 15) is 0 Å². The van der Waals surface area contributed by atoms with E-state index in [-0.39, 0.29) is 0 Å². The van der Waals surface area contributed by atoms with Gasteiger partial charge in [0.25, 0.3) is 0 Å². The van der Waals surface area contributed by atoms with E-state index in [4.69, 9.17) is 5.73 Å². The smallest absolute Gasteiger partial charge is 0.229 e. The largest absolute Gasteiger partial charge is 0.383 e. The van der Waals surface area contributed by atoms with Crippen LogP contribution in [0.1, 0.15) is 64.4 Å². The van der Waals surface area contributed by atoms with Gasteiger partial charge < -0.3 is 11.1 Å². The molecule has 0 spiro atoms. The van der Waals surface area contributed by atoms with E-state index >= 15 is 0 Å². The lowest BCUT2D eigenvalue weighted by atomic mass is 10.0. The molecule has 2 aromatic carbocycles. The number of nitrogen functional groups attached to an aromatic ring is 1. The Morgan fingerprint density at radius 1 is 1.03 bits per heavy atom. The second kappa shape index (κ2) is 11.8. The molecule has 0 amide bonds. The Balaban J connectivity index is 0.000000391. The molecule has 0 unspecified atom stereocenters. The van der Waals surface area contributed by atoms with Gasteiger partial charge in [0.05, 0.1) is 11.3 Å². The van der Waals surface area contributed by atoms with Crippen molar-refractivity contribution in [1.82, 2.24) is 9.97 Å². The summed E-state index contributed by atoms with van der Waals surface area (Å²) in [5.74, 6) is 0.867. The minimum absolute atomic E-state index is 0.402. The fourth-order valence-electron chi connectivity index (χ4n) is 3.66. The number of hydrogen-bond acceptors (Lipinski definition) is 5. The lowest BCUT2D eigenvalue weighted by Crippen LogP contribution is -2.03. The summed E-state index contributed by atoms with van der Waals surface area (Å²) in [6.45, 7) is 3.96. The van der Waals surface area contributed by atoms with Gasteiger partial charge in [0.1, 0.15) is 5.82 Å². The van der Waals surface area contributed by atoms with E-state index in [2.05, 4.69) is 38.5 Å². The molecule has 1 saturated carbocycles. The Kier molecular flexibility index (Phi) is 8.59. The van der Waals surface area contributed by atoms with E-state index in [1.54, 1.807) is 6.20 Å². The summed E-state index contributed by atoms with van der Waals surface area (Å²) in [5, 5.41) is 5.52. The molecule has 5 nitrogen and oxygen atoms in total. The minimum Gasteiger partial charge on any atom is -0.383 e. The van der Waals surface area contributed by atoms with Gasteiger partial charge in [0.15, 0.2) is 0 Å². The molecule has 31 heavy (non-hydrogen) atoms. The van der Waals surface area contributed by atoms with Gasteiger partial charge in [-0.2, -0.15) is 4.98 Å². The zero-order valence-electron chi connectivity index (χ0n) is 18.6. The Hall–Kier alpha value is -3.21. The molecule has 3 aromatic rings. The molecule has 0 bridgehead atoms. The lowest BCUT2D eigenvalue weighted by Gasteiger charge is -2.10. The zero-order valence-corrected chi connectivity index (χ0v) is 18.6. The summed E-state index contributed by atoms with van der Waals surface area (Å²) in [5.41, 5.74) is 8.58. The third-order valence-electron chi connectivity index (χ3n) is 5.32. The van der Waals surface area contributed by atoms with Crippen molar-refractivity contribution in [2.75, 3.05) is 11.1 Å². The number of nitrogens with two attached hydrogens (primary N) is 1. The van der Waals surface area contributed by atoms with Crippen LogP contribution in [0.3, 0.4) is 0 Å². The fraction of sp³-hybridized carbons (Fsp3) is 0.346. The first-order valence-electron chi connectivity index (χ1n) is 11.3. The average Bonchev–Trinajstić information content (AvgIpc) is 2.82. The standard InChI is InChI=1S/C20H21N5.C6H12/c1-3-12-22-17(4-2)16-13-23-20(25-19(16)21)24-18-11-7-9-14-8-5-6-10-15(14)18;1-2-4-6-5-3-1/h4-13H,3H2,1-2H3,(H3,21,23,24,25);1-6H2/b17-4-,22-12?;. The van der Waals surface area contributed by atoms with Gasteiger partial charge in [0, 0.05) is 23.5 Å². The second-order valence-electron chi connectivity index (χ2n) is 7.66. The summed E-state index contributed by atoms with van der Waals surface area (Å²) in [4.78, 5) is 13.2. The van der Waals surface area contributed by atoms with Crippen LogP contribution in [0.25, 0.3) is 16.5 Å². The van der Waals surface area contributed by atoms with E-state index in [1.807, 2.05) is 50.4 Å². The highest BCUT2D eigenvalue weighted by molar-refractivity contribution is 5.95. The normalized spacial score (nSPS) is 14.3. The van der Waals surface area contributed by atoms with Gasteiger partial charge in [-0.05, 0) is 24.8 Å². The van der Waals surface area contributed by atoms with Crippen LogP contribution in [-0.2, 0) is 0 Å². The van der Waals surface area contributed by atoms with Gasteiger partial charge in [-0.1, -0.05) is 87.9 Å². The predicted molar refractivity (Wildman–Crippen MR) is 134 cm³/mol. The topological polar surface area (TPSA) is 76.2 Å². The van der Waals surface area contributed by atoms with E-state index in [0.29, 0.717) is 11.8 Å². The average molecular weight is 416 g/mol. The number of anilines is 3. The number of nitrogens with zero attached hydrogens (tertiary/aromatic N) is 3. The summed E-state index contributed by atoms with van der Waals surface area (Å²) in [6, 6.07) is 14.2. The highest BCUT2D eigenvalue weighted by Crippen LogP contribution is 2.27.